The molecule has 0 spiro atoms. The number of methoxy groups -OCH3 is 1. The van der Waals surface area contributed by atoms with Crippen molar-refractivity contribution in [1.29, 1.82) is 0 Å². The summed E-state index contributed by atoms with van der Waals surface area (Å²) in [6, 6.07) is 15.9. The van der Waals surface area contributed by atoms with E-state index in [1.54, 1.807) is 78.2 Å². The Morgan fingerprint density at radius 1 is 1.07 bits per heavy atom. The van der Waals surface area contributed by atoms with Gasteiger partial charge in [-0.3, -0.25) is 29.2 Å². The number of nitrogens with zero attached hydrogens (tertiary/aromatic N) is 4. The average molecular weight is 618 g/mol. The number of imide groups is 1. The zero-order valence-corrected chi connectivity index (χ0v) is 25.8. The maximum absolute atomic E-state index is 13.2. The number of nitrogens with one attached hydrogen (secondary N) is 1. The lowest BCUT2D eigenvalue weighted by Gasteiger charge is -2.25. The largest absolute Gasteiger partial charge is 0.497 e. The molecular formula is C35H31N5O6. The molecule has 1 saturated heterocycles. The molecule has 1 atom stereocenters. The molecule has 11 heteroatoms. The van der Waals surface area contributed by atoms with Crippen molar-refractivity contribution in [2.75, 3.05) is 13.7 Å². The number of amides is 3. The lowest BCUT2D eigenvalue weighted by atomic mass is 9.85. The van der Waals surface area contributed by atoms with Gasteiger partial charge in [0.1, 0.15) is 16.9 Å². The van der Waals surface area contributed by atoms with E-state index in [9.17, 15) is 19.2 Å². The summed E-state index contributed by atoms with van der Waals surface area (Å²) in [6.45, 7) is 3.77. The molecule has 2 aliphatic rings. The number of hydrogen-bond acceptors (Lipinski definition) is 8. The molecule has 0 unspecified atom stereocenters. The molecule has 1 fully saturated rings. The van der Waals surface area contributed by atoms with Gasteiger partial charge in [-0.05, 0) is 42.0 Å². The third-order valence-electron chi connectivity index (χ3n) is 7.95. The van der Waals surface area contributed by atoms with Crippen LogP contribution in [0, 0.1) is 23.2 Å². The fourth-order valence-corrected chi connectivity index (χ4v) is 5.41. The zero-order chi connectivity index (χ0) is 32.6. The predicted octanol–water partition coefficient (Wildman–Crippen LogP) is 3.76. The fraction of sp³-hybridized carbons (Fsp3) is 0.257. The van der Waals surface area contributed by atoms with Gasteiger partial charge >= 0.3 is 5.97 Å². The molecule has 4 aromatic rings. The minimum absolute atomic E-state index is 0.0406. The van der Waals surface area contributed by atoms with Crippen LogP contribution in [0.2, 0.25) is 0 Å². The lowest BCUT2D eigenvalue weighted by molar-refractivity contribution is -0.137. The molecule has 1 N–H and O–H groups in total. The molecule has 2 aromatic heterocycles. The second-order valence-electron chi connectivity index (χ2n) is 11.7. The Morgan fingerprint density at radius 3 is 2.50 bits per heavy atom. The van der Waals surface area contributed by atoms with E-state index in [4.69, 9.17) is 14.5 Å². The normalized spacial score (nSPS) is 17.1. The highest BCUT2D eigenvalue weighted by Gasteiger charge is 2.48. The Balaban J connectivity index is 1.29. The SMILES string of the molecule is COc1ccc2c(c1)C(=O)N(C[C@@]1(C#Cc3ccc(-c4nc(-c5cnn(C)c5)ccc4OC(=O)C(C)C)cc3)CC(=O)NC1=O)C2. The molecule has 2 aliphatic heterocycles. The number of aromatic nitrogens is 3. The van der Waals surface area contributed by atoms with Crippen molar-refractivity contribution in [3.05, 3.63) is 83.7 Å². The Bertz CT molecular complexity index is 1950. The quantitative estimate of drug-likeness (QED) is 0.188. The van der Waals surface area contributed by atoms with E-state index in [2.05, 4.69) is 22.3 Å². The summed E-state index contributed by atoms with van der Waals surface area (Å²) < 4.78 is 12.6. The average Bonchev–Trinajstić information content (AvgIpc) is 3.70. The summed E-state index contributed by atoms with van der Waals surface area (Å²) in [7, 11) is 3.35. The second-order valence-corrected chi connectivity index (χ2v) is 11.7. The number of benzene rings is 2. The van der Waals surface area contributed by atoms with Crippen molar-refractivity contribution < 1.29 is 28.7 Å². The molecule has 0 aliphatic carbocycles. The van der Waals surface area contributed by atoms with Gasteiger partial charge in [-0.15, -0.1) is 0 Å². The van der Waals surface area contributed by atoms with Gasteiger partial charge in [0.2, 0.25) is 11.8 Å². The van der Waals surface area contributed by atoms with Crippen molar-refractivity contribution >= 4 is 23.7 Å². The monoisotopic (exact) mass is 617 g/mol. The maximum Gasteiger partial charge on any atom is 0.313 e. The van der Waals surface area contributed by atoms with E-state index in [-0.39, 0.29) is 30.8 Å². The van der Waals surface area contributed by atoms with Crippen LogP contribution in [-0.4, -0.2) is 57.0 Å². The number of fused-ring (bicyclic) bond motifs is 1. The third kappa shape index (κ3) is 5.85. The standard InChI is InChI=1S/C35H31N5O6/c1-21(2)33(43)46-29-12-11-28(25-17-36-39(3)18-25)37-31(29)23-7-5-22(6-8-23)13-14-35(16-30(41)38-34(35)44)20-40-19-24-9-10-26(45-4)15-27(24)32(40)42/h5-12,15,17-18,21H,16,19-20H2,1-4H3,(H,38,41,44)/t35-/m1/s1. The summed E-state index contributed by atoms with van der Waals surface area (Å²) in [5.74, 6) is 5.03. The van der Waals surface area contributed by atoms with Gasteiger partial charge in [-0.25, -0.2) is 4.98 Å². The summed E-state index contributed by atoms with van der Waals surface area (Å²) >= 11 is 0. The van der Waals surface area contributed by atoms with E-state index >= 15 is 0 Å². The highest BCUT2D eigenvalue weighted by atomic mass is 16.5. The van der Waals surface area contributed by atoms with Crippen molar-refractivity contribution in [3.8, 4) is 45.9 Å². The molecule has 4 heterocycles. The number of carbonyl (C=O) groups excluding carboxylic acids is 4. The Morgan fingerprint density at radius 2 is 1.85 bits per heavy atom. The van der Waals surface area contributed by atoms with Crippen molar-refractivity contribution in [2.45, 2.75) is 26.8 Å². The first-order valence-corrected chi connectivity index (χ1v) is 14.7. The number of ether oxygens (including phenoxy) is 2. The van der Waals surface area contributed by atoms with Crippen LogP contribution in [-0.2, 0) is 28.0 Å². The van der Waals surface area contributed by atoms with Crippen LogP contribution in [0.3, 0.4) is 0 Å². The second kappa shape index (κ2) is 12.0. The summed E-state index contributed by atoms with van der Waals surface area (Å²) in [5.41, 5.74) is 3.11. The summed E-state index contributed by atoms with van der Waals surface area (Å²) in [4.78, 5) is 57.5. The Labute approximate surface area is 265 Å². The zero-order valence-electron chi connectivity index (χ0n) is 25.8. The van der Waals surface area contributed by atoms with Crippen LogP contribution in [0.1, 0.15) is 41.8 Å². The van der Waals surface area contributed by atoms with Crippen molar-refractivity contribution in [3.63, 3.8) is 0 Å². The number of esters is 1. The number of carbonyl (C=O) groups is 4. The van der Waals surface area contributed by atoms with E-state index in [1.807, 2.05) is 19.3 Å². The Hall–Kier alpha value is -5.76. The highest BCUT2D eigenvalue weighted by molar-refractivity contribution is 6.08. The minimum atomic E-state index is -1.41. The first kappa shape index (κ1) is 30.3. The van der Waals surface area contributed by atoms with Gasteiger partial charge in [-0.2, -0.15) is 5.10 Å². The van der Waals surface area contributed by atoms with Crippen LogP contribution in [0.4, 0.5) is 0 Å². The molecule has 232 valence electrons. The van der Waals surface area contributed by atoms with E-state index < -0.39 is 17.2 Å². The van der Waals surface area contributed by atoms with Gasteiger partial charge in [0.25, 0.3) is 5.91 Å². The molecule has 0 bridgehead atoms. The Kier molecular flexibility index (Phi) is 7.88. The van der Waals surface area contributed by atoms with Gasteiger partial charge < -0.3 is 14.4 Å². The molecule has 6 rings (SSSR count). The smallest absolute Gasteiger partial charge is 0.313 e. The number of hydrogen-bond donors (Lipinski definition) is 1. The van der Waals surface area contributed by atoms with Gasteiger partial charge in [0.15, 0.2) is 5.75 Å². The highest BCUT2D eigenvalue weighted by Crippen LogP contribution is 2.35. The van der Waals surface area contributed by atoms with Crippen LogP contribution >= 0.6 is 0 Å². The van der Waals surface area contributed by atoms with Crippen LogP contribution in [0.25, 0.3) is 22.5 Å². The molecule has 11 nitrogen and oxygen atoms in total. The number of rotatable bonds is 7. The van der Waals surface area contributed by atoms with Crippen LogP contribution in [0.15, 0.2) is 67.0 Å². The van der Waals surface area contributed by atoms with E-state index in [0.29, 0.717) is 46.1 Å². The van der Waals surface area contributed by atoms with Crippen molar-refractivity contribution in [1.82, 2.24) is 25.0 Å². The summed E-state index contributed by atoms with van der Waals surface area (Å²) in [5, 5.41) is 6.58. The van der Waals surface area contributed by atoms with Gasteiger partial charge in [0, 0.05) is 48.6 Å². The fourth-order valence-electron chi connectivity index (χ4n) is 5.41. The first-order chi connectivity index (χ1) is 22.0. The summed E-state index contributed by atoms with van der Waals surface area (Å²) in [6.07, 6.45) is 3.39. The molecular weight excluding hydrogens is 586 g/mol. The van der Waals surface area contributed by atoms with Gasteiger partial charge in [0.05, 0.1) is 31.3 Å². The van der Waals surface area contributed by atoms with Crippen LogP contribution < -0.4 is 14.8 Å². The number of pyridine rings is 1. The van der Waals surface area contributed by atoms with Gasteiger partial charge in [-0.1, -0.05) is 43.9 Å². The van der Waals surface area contributed by atoms with Crippen LogP contribution in [0.5, 0.6) is 11.5 Å². The molecule has 3 amide bonds. The third-order valence-corrected chi connectivity index (χ3v) is 7.95. The number of aryl methyl sites for hydroxylation is 1. The molecule has 0 radical (unpaired) electrons. The predicted molar refractivity (Wildman–Crippen MR) is 167 cm³/mol. The maximum atomic E-state index is 13.2. The minimum Gasteiger partial charge on any atom is -0.497 e. The topological polar surface area (TPSA) is 133 Å². The first-order valence-electron chi connectivity index (χ1n) is 14.7. The van der Waals surface area contributed by atoms with E-state index in [0.717, 1.165) is 11.1 Å². The van der Waals surface area contributed by atoms with Crippen molar-refractivity contribution in [2.24, 2.45) is 18.4 Å². The molecule has 46 heavy (non-hydrogen) atoms. The lowest BCUT2D eigenvalue weighted by Crippen LogP contribution is -2.42. The van der Waals surface area contributed by atoms with E-state index in [1.165, 1.54) is 7.11 Å². The molecule has 2 aromatic carbocycles. The molecule has 0 saturated carbocycles.